The number of pyridine rings is 3. The highest BCUT2D eigenvalue weighted by Gasteiger charge is 2.30. The number of carbonyl (C=O) groups excluding carboxylic acids is 1. The Morgan fingerprint density at radius 2 is 1.93 bits per heavy atom. The van der Waals surface area contributed by atoms with Gasteiger partial charge in [0.25, 0.3) is 5.91 Å². The second kappa shape index (κ2) is 6.32. The van der Waals surface area contributed by atoms with Crippen molar-refractivity contribution in [3.05, 3.63) is 84.3 Å². The number of hydrogen-bond acceptors (Lipinski definition) is 4. The number of amides is 1. The molecular formula is C21H17N5O. The van der Waals surface area contributed by atoms with Crippen LogP contribution < -0.4 is 0 Å². The van der Waals surface area contributed by atoms with Gasteiger partial charge in [-0.3, -0.25) is 14.8 Å². The molecule has 132 valence electrons. The van der Waals surface area contributed by atoms with Crippen molar-refractivity contribution in [2.45, 2.75) is 13.0 Å². The van der Waals surface area contributed by atoms with Crippen molar-refractivity contribution >= 4 is 11.6 Å². The molecule has 4 aromatic heterocycles. The van der Waals surface area contributed by atoms with Crippen LogP contribution in [0.15, 0.2) is 67.4 Å². The highest BCUT2D eigenvalue weighted by molar-refractivity contribution is 5.98. The van der Waals surface area contributed by atoms with Gasteiger partial charge < -0.3 is 9.30 Å². The number of nitrogens with zero attached hydrogens (tertiary/aromatic N) is 5. The molecular weight excluding hydrogens is 338 g/mol. The molecule has 6 nitrogen and oxygen atoms in total. The normalized spacial score (nSPS) is 13.3. The predicted molar refractivity (Wildman–Crippen MR) is 101 cm³/mol. The zero-order valence-corrected chi connectivity index (χ0v) is 14.6. The summed E-state index contributed by atoms with van der Waals surface area (Å²) in [5, 5.41) is 0. The molecule has 0 spiro atoms. The van der Waals surface area contributed by atoms with Crippen LogP contribution in [0.3, 0.4) is 0 Å². The molecule has 0 bridgehead atoms. The molecule has 0 aliphatic carbocycles. The summed E-state index contributed by atoms with van der Waals surface area (Å²) in [7, 11) is 0. The molecule has 0 saturated heterocycles. The third kappa shape index (κ3) is 2.75. The second-order valence-electron chi connectivity index (χ2n) is 6.60. The topological polar surface area (TPSA) is 63.4 Å². The fraction of sp³-hybridized carbons (Fsp3) is 0.143. The highest BCUT2D eigenvalue weighted by Crippen LogP contribution is 2.31. The highest BCUT2D eigenvalue weighted by atomic mass is 16.2. The van der Waals surface area contributed by atoms with Crippen LogP contribution in [0, 0.1) is 0 Å². The number of carbonyl (C=O) groups is 1. The first kappa shape index (κ1) is 15.7. The first-order valence-corrected chi connectivity index (χ1v) is 8.90. The Morgan fingerprint density at radius 1 is 1.04 bits per heavy atom. The van der Waals surface area contributed by atoms with Crippen molar-refractivity contribution < 1.29 is 4.79 Å². The van der Waals surface area contributed by atoms with Gasteiger partial charge in [-0.2, -0.15) is 0 Å². The lowest BCUT2D eigenvalue weighted by Gasteiger charge is -2.14. The maximum absolute atomic E-state index is 12.8. The van der Waals surface area contributed by atoms with E-state index in [0.29, 0.717) is 25.2 Å². The van der Waals surface area contributed by atoms with Gasteiger partial charge in [-0.15, -0.1) is 0 Å². The van der Waals surface area contributed by atoms with Gasteiger partial charge in [-0.05, 0) is 41.5 Å². The van der Waals surface area contributed by atoms with Crippen molar-refractivity contribution in [3.8, 4) is 11.1 Å². The van der Waals surface area contributed by atoms with E-state index in [2.05, 4.69) is 15.0 Å². The fourth-order valence-corrected chi connectivity index (χ4v) is 3.59. The fourth-order valence-electron chi connectivity index (χ4n) is 3.59. The van der Waals surface area contributed by atoms with E-state index < -0.39 is 0 Å². The summed E-state index contributed by atoms with van der Waals surface area (Å²) in [5.41, 5.74) is 5.55. The Labute approximate surface area is 156 Å². The van der Waals surface area contributed by atoms with Gasteiger partial charge in [0.2, 0.25) is 0 Å². The Bertz CT molecular complexity index is 1100. The SMILES string of the molecule is O=C1c2nccc(-c3ccncc3)c2CN1CCc1cn2ccccc2n1. The van der Waals surface area contributed by atoms with Crippen LogP contribution in [0.5, 0.6) is 0 Å². The Balaban J connectivity index is 1.38. The molecule has 0 aromatic carbocycles. The zero-order chi connectivity index (χ0) is 18.2. The van der Waals surface area contributed by atoms with E-state index in [9.17, 15) is 4.79 Å². The lowest BCUT2D eigenvalue weighted by Crippen LogP contribution is -2.26. The van der Waals surface area contributed by atoms with Crippen molar-refractivity contribution in [3.63, 3.8) is 0 Å². The van der Waals surface area contributed by atoms with E-state index in [1.54, 1.807) is 18.6 Å². The van der Waals surface area contributed by atoms with Crippen molar-refractivity contribution in [2.24, 2.45) is 0 Å². The first-order chi connectivity index (χ1) is 13.3. The van der Waals surface area contributed by atoms with E-state index in [4.69, 9.17) is 0 Å². The van der Waals surface area contributed by atoms with Crippen molar-refractivity contribution in [1.29, 1.82) is 0 Å². The van der Waals surface area contributed by atoms with Crippen LogP contribution in [-0.4, -0.2) is 36.7 Å². The van der Waals surface area contributed by atoms with E-state index in [1.807, 2.05) is 58.1 Å². The van der Waals surface area contributed by atoms with Crippen LogP contribution in [0.4, 0.5) is 0 Å². The molecule has 6 heteroatoms. The molecule has 0 N–H and O–H groups in total. The van der Waals surface area contributed by atoms with Crippen LogP contribution in [0.2, 0.25) is 0 Å². The monoisotopic (exact) mass is 355 g/mol. The standard InChI is InChI=1S/C21H17N5O/c27-21-20-18(17(6-10-23-20)15-4-8-22-9-5-15)14-26(21)12-7-16-13-25-11-2-1-3-19(25)24-16/h1-6,8-11,13H,7,12,14H2. The third-order valence-corrected chi connectivity index (χ3v) is 4.94. The summed E-state index contributed by atoms with van der Waals surface area (Å²) in [5.74, 6) is -0.00956. The Hall–Kier alpha value is -3.54. The maximum atomic E-state index is 12.8. The largest absolute Gasteiger partial charge is 0.332 e. The zero-order valence-electron chi connectivity index (χ0n) is 14.6. The van der Waals surface area contributed by atoms with Gasteiger partial charge in [0, 0.05) is 56.1 Å². The molecule has 5 heterocycles. The molecule has 0 fully saturated rings. The lowest BCUT2D eigenvalue weighted by atomic mass is 10.0. The molecule has 1 amide bonds. The first-order valence-electron chi connectivity index (χ1n) is 8.90. The quantitative estimate of drug-likeness (QED) is 0.565. The lowest BCUT2D eigenvalue weighted by molar-refractivity contribution is 0.0776. The van der Waals surface area contributed by atoms with Crippen molar-refractivity contribution in [1.82, 2.24) is 24.3 Å². The second-order valence-corrected chi connectivity index (χ2v) is 6.60. The number of hydrogen-bond donors (Lipinski definition) is 0. The van der Waals surface area contributed by atoms with Gasteiger partial charge in [-0.25, -0.2) is 4.98 Å². The van der Waals surface area contributed by atoms with Gasteiger partial charge in [-0.1, -0.05) is 6.07 Å². The molecule has 0 unspecified atom stereocenters. The molecule has 0 atom stereocenters. The summed E-state index contributed by atoms with van der Waals surface area (Å²) < 4.78 is 2.00. The molecule has 1 aliphatic heterocycles. The van der Waals surface area contributed by atoms with E-state index >= 15 is 0 Å². The third-order valence-electron chi connectivity index (χ3n) is 4.94. The summed E-state index contributed by atoms with van der Waals surface area (Å²) in [6.07, 6.45) is 9.95. The van der Waals surface area contributed by atoms with Gasteiger partial charge in [0.15, 0.2) is 0 Å². The smallest absolute Gasteiger partial charge is 0.273 e. The Kier molecular flexibility index (Phi) is 3.67. The van der Waals surface area contributed by atoms with Crippen molar-refractivity contribution in [2.75, 3.05) is 6.54 Å². The summed E-state index contributed by atoms with van der Waals surface area (Å²) in [6.45, 7) is 1.20. The summed E-state index contributed by atoms with van der Waals surface area (Å²) in [4.78, 5) is 27.7. The molecule has 5 rings (SSSR count). The van der Waals surface area contributed by atoms with E-state index in [1.165, 1.54) is 0 Å². The molecule has 27 heavy (non-hydrogen) atoms. The van der Waals surface area contributed by atoms with Crippen LogP contribution >= 0.6 is 0 Å². The van der Waals surface area contributed by atoms with Crippen LogP contribution in [0.25, 0.3) is 16.8 Å². The number of imidazole rings is 1. The average molecular weight is 355 g/mol. The minimum absolute atomic E-state index is 0.00956. The van der Waals surface area contributed by atoms with E-state index in [-0.39, 0.29) is 5.91 Å². The van der Waals surface area contributed by atoms with Crippen LogP contribution in [-0.2, 0) is 13.0 Å². The molecule has 1 aliphatic rings. The summed E-state index contributed by atoms with van der Waals surface area (Å²) in [6, 6.07) is 11.8. The number of fused-ring (bicyclic) bond motifs is 2. The van der Waals surface area contributed by atoms with Gasteiger partial charge in [0.1, 0.15) is 11.3 Å². The van der Waals surface area contributed by atoms with E-state index in [0.717, 1.165) is 28.0 Å². The van der Waals surface area contributed by atoms with Gasteiger partial charge >= 0.3 is 0 Å². The minimum atomic E-state index is -0.00956. The minimum Gasteiger partial charge on any atom is -0.332 e. The maximum Gasteiger partial charge on any atom is 0.273 e. The predicted octanol–water partition coefficient (Wildman–Crippen LogP) is 2.99. The summed E-state index contributed by atoms with van der Waals surface area (Å²) >= 11 is 0. The molecule has 0 radical (unpaired) electrons. The van der Waals surface area contributed by atoms with Crippen LogP contribution in [0.1, 0.15) is 21.7 Å². The number of aromatic nitrogens is 4. The molecule has 4 aromatic rings. The average Bonchev–Trinajstić information content (AvgIpc) is 3.27. The number of rotatable bonds is 4. The Morgan fingerprint density at radius 3 is 2.78 bits per heavy atom. The van der Waals surface area contributed by atoms with Gasteiger partial charge in [0.05, 0.1) is 5.69 Å². The molecule has 0 saturated carbocycles.